The van der Waals surface area contributed by atoms with Gasteiger partial charge in [-0.2, -0.15) is 23.5 Å². The number of anilines is 1. The Labute approximate surface area is 207 Å². The van der Waals surface area contributed by atoms with Crippen LogP contribution in [-0.2, 0) is 17.5 Å². The van der Waals surface area contributed by atoms with Gasteiger partial charge in [0.1, 0.15) is 17.5 Å². The molecule has 35 heavy (non-hydrogen) atoms. The smallest absolute Gasteiger partial charge is 0.374 e. The number of carbonyl (C=O) groups excluding carboxylic acids is 1. The molecule has 3 aromatic rings. The molecule has 7 nitrogen and oxygen atoms in total. The molecule has 0 spiro atoms. The third-order valence-electron chi connectivity index (χ3n) is 5.61. The zero-order valence-corrected chi connectivity index (χ0v) is 19.8. The lowest BCUT2D eigenvalue weighted by Gasteiger charge is -2.29. The molecule has 0 saturated heterocycles. The zero-order valence-electron chi connectivity index (χ0n) is 18.2. The van der Waals surface area contributed by atoms with Crippen LogP contribution in [0.5, 0.6) is 0 Å². The first kappa shape index (κ1) is 24.6. The van der Waals surface area contributed by atoms with E-state index in [9.17, 15) is 18.0 Å². The Morgan fingerprint density at radius 3 is 2.51 bits per heavy atom. The summed E-state index contributed by atoms with van der Waals surface area (Å²) >= 11 is 11.9. The molecule has 1 N–H and O–H groups in total. The van der Waals surface area contributed by atoms with Crippen LogP contribution in [-0.4, -0.2) is 27.6 Å². The molecule has 1 amide bonds. The van der Waals surface area contributed by atoms with Crippen molar-refractivity contribution < 1.29 is 22.8 Å². The molecule has 1 aliphatic rings. The average molecular weight is 522 g/mol. The summed E-state index contributed by atoms with van der Waals surface area (Å²) in [4.78, 5) is 17.8. The van der Waals surface area contributed by atoms with E-state index in [2.05, 4.69) is 15.6 Å². The maximum atomic E-state index is 14.2. The number of nitrogens with zero attached hydrogens (tertiary/aromatic N) is 4. The van der Waals surface area contributed by atoms with Gasteiger partial charge in [-0.05, 0) is 48.4 Å². The highest BCUT2D eigenvalue weighted by molar-refractivity contribution is 6.34. The van der Waals surface area contributed by atoms with Crippen LogP contribution in [0, 0.1) is 18.3 Å². The third kappa shape index (κ3) is 4.45. The summed E-state index contributed by atoms with van der Waals surface area (Å²) in [5, 5.41) is 19.5. The summed E-state index contributed by atoms with van der Waals surface area (Å²) in [5.74, 6) is -0.276. The topological polar surface area (TPSA) is 92.3 Å². The Balaban J connectivity index is 1.62. The van der Waals surface area contributed by atoms with Gasteiger partial charge in [-0.15, -0.1) is 0 Å². The van der Waals surface area contributed by atoms with Crippen molar-refractivity contribution in [3.8, 4) is 6.07 Å². The van der Waals surface area contributed by atoms with Crippen molar-refractivity contribution in [2.75, 3.05) is 5.32 Å². The number of hydrogen-bond donors (Lipinski definition) is 1. The molecule has 0 bridgehead atoms. The molecule has 0 aliphatic carbocycles. The number of nitriles is 1. The Bertz CT molecular complexity index is 1390. The van der Waals surface area contributed by atoms with E-state index in [1.165, 1.54) is 29.1 Å². The molecule has 0 fully saturated rings. The molecule has 2 aromatic carbocycles. The van der Waals surface area contributed by atoms with E-state index in [-0.39, 0.29) is 38.3 Å². The minimum absolute atomic E-state index is 0.0346. The Hall–Kier alpha value is -3.55. The molecule has 0 saturated carbocycles. The summed E-state index contributed by atoms with van der Waals surface area (Å²) in [6, 6.07) is 10.0. The molecular formula is C23H16Cl2F3N5O2. The lowest BCUT2D eigenvalue weighted by atomic mass is 9.86. The van der Waals surface area contributed by atoms with E-state index in [1.807, 2.05) is 6.07 Å². The molecule has 1 aromatic heterocycles. The summed E-state index contributed by atoms with van der Waals surface area (Å²) in [6.45, 7) is 1.64. The van der Waals surface area contributed by atoms with Crippen LogP contribution in [0.15, 0.2) is 47.8 Å². The maximum Gasteiger partial charge on any atom is 0.435 e. The number of aromatic nitrogens is 2. The molecule has 1 unspecified atom stereocenters. The fraction of sp³-hybridized carbons (Fsp3) is 0.217. The van der Waals surface area contributed by atoms with Gasteiger partial charge < -0.3 is 10.2 Å². The van der Waals surface area contributed by atoms with Crippen LogP contribution in [0.25, 0.3) is 0 Å². The number of rotatable bonds is 4. The van der Waals surface area contributed by atoms with Crippen LogP contribution >= 0.6 is 23.2 Å². The standard InChI is InChI=1S/C23H16Cl2F3N5O2/c1-12-5-13(3-4-18(12)21(34)31-20-14(10-29)11-30-33(20)2)19-9-22(35-32-19,23(26,27)28)15-6-16(24)8-17(25)7-15/h3-8,11H,9H2,1-2H3,(H,31,34). The minimum Gasteiger partial charge on any atom is -0.374 e. The van der Waals surface area contributed by atoms with Crippen LogP contribution in [0.1, 0.15) is 39.0 Å². The molecule has 12 heteroatoms. The van der Waals surface area contributed by atoms with Crippen LogP contribution in [0.3, 0.4) is 0 Å². The maximum absolute atomic E-state index is 14.2. The number of alkyl halides is 3. The van der Waals surface area contributed by atoms with E-state index in [0.29, 0.717) is 11.1 Å². The molecule has 0 radical (unpaired) electrons. The van der Waals surface area contributed by atoms with E-state index < -0.39 is 24.1 Å². The van der Waals surface area contributed by atoms with Gasteiger partial charge in [-0.1, -0.05) is 34.4 Å². The zero-order chi connectivity index (χ0) is 25.5. The quantitative estimate of drug-likeness (QED) is 0.473. The Morgan fingerprint density at radius 2 is 1.91 bits per heavy atom. The van der Waals surface area contributed by atoms with Gasteiger partial charge in [0.05, 0.1) is 11.9 Å². The molecule has 1 atom stereocenters. The first-order chi connectivity index (χ1) is 16.4. The number of nitrogens with one attached hydrogen (secondary N) is 1. The van der Waals surface area contributed by atoms with E-state index in [1.54, 1.807) is 20.0 Å². The summed E-state index contributed by atoms with van der Waals surface area (Å²) in [7, 11) is 1.57. The molecule has 2 heterocycles. The highest BCUT2D eigenvalue weighted by Crippen LogP contribution is 2.49. The van der Waals surface area contributed by atoms with Gasteiger partial charge in [0.15, 0.2) is 0 Å². The minimum atomic E-state index is -4.82. The normalized spacial score (nSPS) is 17.5. The molecular weight excluding hydrogens is 506 g/mol. The number of aryl methyl sites for hydroxylation is 2. The van der Waals surface area contributed by atoms with Crippen molar-refractivity contribution >= 4 is 40.6 Å². The van der Waals surface area contributed by atoms with E-state index >= 15 is 0 Å². The highest BCUT2D eigenvalue weighted by Gasteiger charge is 2.62. The van der Waals surface area contributed by atoms with Crippen molar-refractivity contribution in [2.24, 2.45) is 12.2 Å². The highest BCUT2D eigenvalue weighted by atomic mass is 35.5. The predicted octanol–water partition coefficient (Wildman–Crippen LogP) is 5.74. The monoisotopic (exact) mass is 521 g/mol. The number of halogens is 5. The lowest BCUT2D eigenvalue weighted by Crippen LogP contribution is -2.42. The SMILES string of the molecule is Cc1cc(C2=NOC(c3cc(Cl)cc(Cl)c3)(C(F)(F)F)C2)ccc1C(=O)Nc1c(C#N)cnn1C. The average Bonchev–Trinajstić information content (AvgIpc) is 3.38. The fourth-order valence-electron chi connectivity index (χ4n) is 3.79. The second kappa shape index (κ2) is 8.91. The summed E-state index contributed by atoms with van der Waals surface area (Å²) < 4.78 is 44.0. The summed E-state index contributed by atoms with van der Waals surface area (Å²) in [6.07, 6.45) is -4.11. The lowest BCUT2D eigenvalue weighted by molar-refractivity contribution is -0.275. The van der Waals surface area contributed by atoms with Gasteiger partial charge in [-0.3, -0.25) is 9.48 Å². The number of hydrogen-bond acceptors (Lipinski definition) is 5. The molecule has 4 rings (SSSR count). The first-order valence-corrected chi connectivity index (χ1v) is 10.8. The van der Waals surface area contributed by atoms with Gasteiger partial charge in [0, 0.05) is 34.6 Å². The molecule has 1 aliphatic heterocycles. The summed E-state index contributed by atoms with van der Waals surface area (Å²) in [5.41, 5.74) is -1.67. The van der Waals surface area contributed by atoms with Gasteiger partial charge in [0.25, 0.3) is 11.5 Å². The number of carbonyl (C=O) groups is 1. The van der Waals surface area contributed by atoms with E-state index in [0.717, 1.165) is 12.1 Å². The van der Waals surface area contributed by atoms with Gasteiger partial charge in [-0.25, -0.2) is 0 Å². The van der Waals surface area contributed by atoms with Crippen molar-refractivity contribution in [1.82, 2.24) is 9.78 Å². The van der Waals surface area contributed by atoms with Crippen molar-refractivity contribution in [2.45, 2.75) is 25.1 Å². The van der Waals surface area contributed by atoms with Gasteiger partial charge >= 0.3 is 6.18 Å². The van der Waals surface area contributed by atoms with Crippen LogP contribution < -0.4 is 5.32 Å². The number of oxime groups is 1. The van der Waals surface area contributed by atoms with Crippen LogP contribution in [0.4, 0.5) is 19.0 Å². The predicted molar refractivity (Wildman–Crippen MR) is 123 cm³/mol. The van der Waals surface area contributed by atoms with Crippen molar-refractivity contribution in [1.29, 1.82) is 5.26 Å². The second-order valence-electron chi connectivity index (χ2n) is 7.92. The second-order valence-corrected chi connectivity index (χ2v) is 8.79. The number of amides is 1. The largest absolute Gasteiger partial charge is 0.435 e. The van der Waals surface area contributed by atoms with E-state index in [4.69, 9.17) is 33.3 Å². The first-order valence-electron chi connectivity index (χ1n) is 10.1. The Kier molecular flexibility index (Phi) is 6.25. The van der Waals surface area contributed by atoms with Crippen molar-refractivity contribution in [3.05, 3.63) is 80.5 Å². The van der Waals surface area contributed by atoms with Crippen LogP contribution in [0.2, 0.25) is 10.0 Å². The van der Waals surface area contributed by atoms with Gasteiger partial charge in [0.2, 0.25) is 0 Å². The molecule has 180 valence electrons. The Morgan fingerprint density at radius 1 is 1.23 bits per heavy atom. The number of benzene rings is 2. The third-order valence-corrected chi connectivity index (χ3v) is 6.05. The van der Waals surface area contributed by atoms with Crippen molar-refractivity contribution in [3.63, 3.8) is 0 Å². The fourth-order valence-corrected chi connectivity index (χ4v) is 4.31.